The summed E-state index contributed by atoms with van der Waals surface area (Å²) >= 11 is 3.16. The first-order chi connectivity index (χ1) is 6.65. The van der Waals surface area contributed by atoms with Crippen LogP contribution in [0.25, 0.3) is 11.5 Å². The number of benzene rings is 1. The quantitative estimate of drug-likeness (QED) is 0.851. The summed E-state index contributed by atoms with van der Waals surface area (Å²) in [7, 11) is 0. The lowest BCUT2D eigenvalue weighted by atomic mass is 10.2. The minimum Gasteiger partial charge on any atom is -0.404 e. The summed E-state index contributed by atoms with van der Waals surface area (Å²) in [6.07, 6.45) is 0. The summed E-state index contributed by atoms with van der Waals surface area (Å²) in [5.41, 5.74) is 5.73. The molecule has 1 aromatic heterocycles. The van der Waals surface area contributed by atoms with E-state index >= 15 is 0 Å². The van der Waals surface area contributed by atoms with E-state index in [1.807, 2.05) is 0 Å². The van der Waals surface area contributed by atoms with Crippen molar-refractivity contribution in [3.05, 3.63) is 28.5 Å². The summed E-state index contributed by atoms with van der Waals surface area (Å²) in [5, 5.41) is 7.11. The number of nitrogens with two attached hydrogens (primary N) is 1. The molecule has 0 fully saturated rings. The average Bonchev–Trinajstić information content (AvgIpc) is 2.50. The van der Waals surface area contributed by atoms with Gasteiger partial charge in [0.1, 0.15) is 5.82 Å². The minimum absolute atomic E-state index is 0.0413. The zero-order valence-corrected chi connectivity index (χ0v) is 8.45. The van der Waals surface area contributed by atoms with Gasteiger partial charge < -0.3 is 10.2 Å². The van der Waals surface area contributed by atoms with Gasteiger partial charge in [0.25, 0.3) is 0 Å². The van der Waals surface area contributed by atoms with Crippen LogP contribution in [0.2, 0.25) is 0 Å². The lowest BCUT2D eigenvalue weighted by molar-refractivity contribution is 0.587. The van der Waals surface area contributed by atoms with Gasteiger partial charge in [-0.2, -0.15) is 0 Å². The number of rotatable bonds is 1. The normalized spacial score (nSPS) is 10.4. The van der Waals surface area contributed by atoms with Gasteiger partial charge in [-0.3, -0.25) is 0 Å². The predicted octanol–water partition coefficient (Wildman–Crippen LogP) is 2.22. The Balaban J connectivity index is 2.51. The maximum Gasteiger partial charge on any atom is 0.313 e. The molecule has 0 unspecified atom stereocenters. The van der Waals surface area contributed by atoms with E-state index in [2.05, 4.69) is 26.1 Å². The van der Waals surface area contributed by atoms with Crippen molar-refractivity contribution in [2.24, 2.45) is 0 Å². The highest BCUT2D eigenvalue weighted by molar-refractivity contribution is 9.10. The Labute approximate surface area is 87.1 Å². The van der Waals surface area contributed by atoms with Crippen LogP contribution < -0.4 is 5.73 Å². The molecule has 0 saturated carbocycles. The van der Waals surface area contributed by atoms with Gasteiger partial charge >= 0.3 is 6.01 Å². The van der Waals surface area contributed by atoms with Crippen molar-refractivity contribution in [1.82, 2.24) is 10.2 Å². The zero-order valence-electron chi connectivity index (χ0n) is 6.87. The highest BCUT2D eigenvalue weighted by Gasteiger charge is 2.08. The molecular weight excluding hydrogens is 253 g/mol. The topological polar surface area (TPSA) is 64.9 Å². The van der Waals surface area contributed by atoms with E-state index in [-0.39, 0.29) is 17.7 Å². The zero-order chi connectivity index (χ0) is 10.1. The molecule has 0 spiro atoms. The van der Waals surface area contributed by atoms with E-state index in [0.717, 1.165) is 0 Å². The lowest BCUT2D eigenvalue weighted by Gasteiger charge is -1.96. The molecule has 0 aliphatic rings. The first-order valence-electron chi connectivity index (χ1n) is 3.70. The average molecular weight is 258 g/mol. The summed E-state index contributed by atoms with van der Waals surface area (Å²) in [4.78, 5) is 0. The van der Waals surface area contributed by atoms with Crippen LogP contribution in [0.15, 0.2) is 27.1 Å². The third-order valence-corrected chi connectivity index (χ3v) is 2.01. The van der Waals surface area contributed by atoms with Gasteiger partial charge in [-0.15, -0.1) is 5.10 Å². The Hall–Kier alpha value is -1.43. The Bertz CT molecular complexity index is 451. The number of halogens is 2. The van der Waals surface area contributed by atoms with Gasteiger partial charge in [-0.05, 0) is 18.2 Å². The second-order valence-corrected chi connectivity index (χ2v) is 3.52. The van der Waals surface area contributed by atoms with Gasteiger partial charge in [0.05, 0.1) is 0 Å². The van der Waals surface area contributed by atoms with E-state index in [1.54, 1.807) is 6.07 Å². The Morgan fingerprint density at radius 2 is 2.07 bits per heavy atom. The number of nitrogens with zero attached hydrogens (tertiary/aromatic N) is 2. The number of anilines is 1. The maximum absolute atomic E-state index is 13.0. The fraction of sp³-hybridized carbons (Fsp3) is 0. The molecule has 1 aromatic carbocycles. The largest absolute Gasteiger partial charge is 0.404 e. The number of hydrogen-bond acceptors (Lipinski definition) is 4. The van der Waals surface area contributed by atoms with E-state index in [9.17, 15) is 4.39 Å². The Morgan fingerprint density at radius 1 is 1.29 bits per heavy atom. The summed E-state index contributed by atoms with van der Waals surface area (Å²) in [5.74, 6) is -0.186. The molecule has 0 atom stereocenters. The van der Waals surface area contributed by atoms with E-state index < -0.39 is 0 Å². The SMILES string of the molecule is Nc1nnc(-c2cc(F)cc(Br)c2)o1. The number of hydrogen-bond donors (Lipinski definition) is 1. The maximum atomic E-state index is 13.0. The predicted molar refractivity (Wildman–Crippen MR) is 51.8 cm³/mol. The van der Waals surface area contributed by atoms with Crippen LogP contribution in [0.4, 0.5) is 10.4 Å². The standard InChI is InChI=1S/C8H5BrFN3O/c9-5-1-4(2-6(10)3-5)7-12-13-8(11)14-7/h1-3H,(H2,11,13). The Morgan fingerprint density at radius 3 is 2.64 bits per heavy atom. The second kappa shape index (κ2) is 3.38. The smallest absolute Gasteiger partial charge is 0.313 e. The molecule has 0 bridgehead atoms. The second-order valence-electron chi connectivity index (χ2n) is 2.60. The van der Waals surface area contributed by atoms with Gasteiger partial charge in [0.2, 0.25) is 5.89 Å². The number of aromatic nitrogens is 2. The van der Waals surface area contributed by atoms with Crippen LogP contribution in [0, 0.1) is 5.82 Å². The van der Waals surface area contributed by atoms with Crippen LogP contribution in [-0.2, 0) is 0 Å². The third-order valence-electron chi connectivity index (χ3n) is 1.55. The fourth-order valence-electron chi connectivity index (χ4n) is 1.03. The van der Waals surface area contributed by atoms with Crippen molar-refractivity contribution in [2.75, 3.05) is 5.73 Å². The third kappa shape index (κ3) is 1.74. The minimum atomic E-state index is -0.383. The van der Waals surface area contributed by atoms with Crippen molar-refractivity contribution < 1.29 is 8.81 Å². The molecule has 2 aromatic rings. The molecule has 4 nitrogen and oxygen atoms in total. The van der Waals surface area contributed by atoms with E-state index in [0.29, 0.717) is 10.0 Å². The van der Waals surface area contributed by atoms with Crippen molar-refractivity contribution in [1.29, 1.82) is 0 Å². The van der Waals surface area contributed by atoms with Crippen LogP contribution in [0.5, 0.6) is 0 Å². The molecule has 2 N–H and O–H groups in total. The molecule has 2 rings (SSSR count). The molecular formula is C8H5BrFN3O. The van der Waals surface area contributed by atoms with Crippen molar-refractivity contribution >= 4 is 21.9 Å². The monoisotopic (exact) mass is 257 g/mol. The van der Waals surface area contributed by atoms with Gasteiger partial charge in [0, 0.05) is 10.0 Å². The highest BCUT2D eigenvalue weighted by atomic mass is 79.9. The number of nitrogen functional groups attached to an aromatic ring is 1. The van der Waals surface area contributed by atoms with Gasteiger partial charge in [-0.25, -0.2) is 4.39 Å². The van der Waals surface area contributed by atoms with Crippen LogP contribution in [0.3, 0.4) is 0 Å². The van der Waals surface area contributed by atoms with Gasteiger partial charge in [0.15, 0.2) is 0 Å². The lowest BCUT2D eigenvalue weighted by Crippen LogP contribution is -1.81. The van der Waals surface area contributed by atoms with Crippen LogP contribution >= 0.6 is 15.9 Å². The molecule has 0 radical (unpaired) electrons. The first-order valence-corrected chi connectivity index (χ1v) is 4.50. The van der Waals surface area contributed by atoms with E-state index in [1.165, 1.54) is 12.1 Å². The molecule has 1 heterocycles. The molecule has 0 amide bonds. The molecule has 0 aliphatic heterocycles. The van der Waals surface area contributed by atoms with Crippen molar-refractivity contribution in [2.45, 2.75) is 0 Å². The summed E-state index contributed by atoms with van der Waals surface area (Å²) < 4.78 is 18.5. The highest BCUT2D eigenvalue weighted by Crippen LogP contribution is 2.23. The van der Waals surface area contributed by atoms with Crippen molar-refractivity contribution in [3.63, 3.8) is 0 Å². The summed E-state index contributed by atoms with van der Waals surface area (Å²) in [6.45, 7) is 0. The summed E-state index contributed by atoms with van der Waals surface area (Å²) in [6, 6.07) is 4.25. The Kier molecular flexibility index (Phi) is 2.20. The first kappa shape index (κ1) is 9.14. The van der Waals surface area contributed by atoms with Gasteiger partial charge in [-0.1, -0.05) is 21.0 Å². The van der Waals surface area contributed by atoms with E-state index in [4.69, 9.17) is 10.2 Å². The molecule has 72 valence electrons. The molecule has 0 aliphatic carbocycles. The molecule has 14 heavy (non-hydrogen) atoms. The molecule has 6 heteroatoms. The molecule has 0 saturated heterocycles. The van der Waals surface area contributed by atoms with Crippen LogP contribution in [-0.4, -0.2) is 10.2 Å². The fourth-order valence-corrected chi connectivity index (χ4v) is 1.49. The van der Waals surface area contributed by atoms with Crippen molar-refractivity contribution in [3.8, 4) is 11.5 Å². The van der Waals surface area contributed by atoms with Crippen LogP contribution in [0.1, 0.15) is 0 Å².